The second-order valence-corrected chi connectivity index (χ2v) is 4.19. The van der Waals surface area contributed by atoms with E-state index in [0.717, 1.165) is 5.52 Å². The van der Waals surface area contributed by atoms with Crippen molar-refractivity contribution >= 4 is 43.3 Å². The third-order valence-electron chi connectivity index (χ3n) is 1.24. The Balaban J connectivity index is -0.000000128. The van der Waals surface area contributed by atoms with Crippen LogP contribution in [0.25, 0.3) is 10.2 Å². The largest absolute Gasteiger partial charge is 1.00 e. The number of thiazole rings is 1. The van der Waals surface area contributed by atoms with Crippen LogP contribution in [0, 0.1) is 0 Å². The van der Waals surface area contributed by atoms with E-state index in [1.165, 1.54) is 4.70 Å². The fraction of sp³-hybridized carbons (Fsp3) is 0. The van der Waals surface area contributed by atoms with Crippen molar-refractivity contribution in [1.82, 2.24) is 4.98 Å². The number of para-hydroxylation sites is 1. The quantitative estimate of drug-likeness (QED) is 0.457. The molecule has 0 unspecified atom stereocenters. The Hall–Kier alpha value is 0.101. The van der Waals surface area contributed by atoms with E-state index in [0.29, 0.717) is 0 Å². The van der Waals surface area contributed by atoms with Gasteiger partial charge < -0.3 is 53.2 Å². The molecule has 2 aromatic rings. The standard InChI is InChI=1S/C7H5NS.3BF4.K.H/c1-2-4-7-6(3-1)8-5-9-7;3*2-1(3,4)5;;/h1-5H;;;;;/q;3*-1;+1;-1. The maximum Gasteiger partial charge on any atom is 1.00 e. The van der Waals surface area contributed by atoms with Crippen LogP contribution in [0.4, 0.5) is 51.8 Å². The zero-order valence-corrected chi connectivity index (χ0v) is 15.9. The Bertz CT molecular complexity index is 499. The first-order valence-electron chi connectivity index (χ1n) is 5.37. The number of hydrogen-bond donors (Lipinski definition) is 0. The molecule has 0 spiro atoms. The number of nitrogens with zero attached hydrogens (tertiary/aromatic N) is 1. The second kappa shape index (κ2) is 13.3. The van der Waals surface area contributed by atoms with Gasteiger partial charge in [-0.05, 0) is 12.1 Å². The maximum absolute atomic E-state index is 9.75. The minimum atomic E-state index is -6.00. The fourth-order valence-corrected chi connectivity index (χ4v) is 1.48. The smallest absolute Gasteiger partial charge is 1.00 e. The summed E-state index contributed by atoms with van der Waals surface area (Å²) in [6, 6.07) is 8.13. The van der Waals surface area contributed by atoms with Gasteiger partial charge in [0.15, 0.2) is 0 Å². The van der Waals surface area contributed by atoms with Crippen molar-refractivity contribution in [3.05, 3.63) is 29.8 Å². The second-order valence-electron chi connectivity index (χ2n) is 3.30. The van der Waals surface area contributed by atoms with Crippen LogP contribution in [0.3, 0.4) is 0 Å². The normalized spacial score (nSPS) is 10.9. The number of halogens is 12. The third kappa shape index (κ3) is 40.3. The van der Waals surface area contributed by atoms with Gasteiger partial charge in [0.1, 0.15) is 0 Å². The number of rotatable bonds is 0. The minimum absolute atomic E-state index is 0. The number of fused-ring (bicyclic) bond motifs is 1. The predicted molar refractivity (Wildman–Crippen MR) is 71.3 cm³/mol. The number of benzene rings is 1. The zero-order chi connectivity index (χ0) is 19.6. The summed E-state index contributed by atoms with van der Waals surface area (Å²) in [5.41, 5.74) is 2.97. The first-order valence-corrected chi connectivity index (χ1v) is 6.25. The molecule has 1 aromatic heterocycles. The van der Waals surface area contributed by atoms with Gasteiger partial charge in [-0.3, -0.25) is 0 Å². The van der Waals surface area contributed by atoms with Crippen LogP contribution in [-0.2, 0) is 0 Å². The van der Waals surface area contributed by atoms with Gasteiger partial charge in [0.2, 0.25) is 0 Å². The Morgan fingerprint density at radius 3 is 1.32 bits per heavy atom. The molecule has 0 aliphatic heterocycles. The van der Waals surface area contributed by atoms with Crippen LogP contribution in [0.5, 0.6) is 0 Å². The van der Waals surface area contributed by atoms with E-state index in [2.05, 4.69) is 11.1 Å². The first-order chi connectivity index (χ1) is 10.5. The summed E-state index contributed by atoms with van der Waals surface area (Å²) in [7, 11) is -18.0. The van der Waals surface area contributed by atoms with Crippen LogP contribution in [-0.4, -0.2) is 26.7 Å². The molecule has 0 radical (unpaired) electrons. The molecule has 2 rings (SSSR count). The fourth-order valence-electron chi connectivity index (χ4n) is 0.803. The van der Waals surface area contributed by atoms with Crippen molar-refractivity contribution in [2.45, 2.75) is 0 Å². The van der Waals surface area contributed by atoms with Crippen molar-refractivity contribution in [1.29, 1.82) is 0 Å². The average molecular weight is 436 g/mol. The van der Waals surface area contributed by atoms with Gasteiger partial charge in [-0.1, -0.05) is 12.1 Å². The van der Waals surface area contributed by atoms with Crippen molar-refractivity contribution < 1.29 is 105 Å². The summed E-state index contributed by atoms with van der Waals surface area (Å²) in [6.07, 6.45) is 0. The summed E-state index contributed by atoms with van der Waals surface area (Å²) >= 11 is 1.68. The Morgan fingerprint density at radius 2 is 1.00 bits per heavy atom. The SMILES string of the molecule is F[B-](F)(F)F.F[B-](F)(F)F.F[B-](F)(F)F.[H-].[K+].c1ccc2scnc2c1. The monoisotopic (exact) mass is 436 g/mol. The van der Waals surface area contributed by atoms with Gasteiger partial charge in [-0.2, -0.15) is 0 Å². The molecule has 1 nitrogen and oxygen atoms in total. The summed E-state index contributed by atoms with van der Waals surface area (Å²) in [5.74, 6) is 0. The molecular weight excluding hydrogens is 430 g/mol. The van der Waals surface area contributed by atoms with E-state index in [-0.39, 0.29) is 52.8 Å². The summed E-state index contributed by atoms with van der Waals surface area (Å²) in [4.78, 5) is 4.14. The van der Waals surface area contributed by atoms with Gasteiger partial charge in [-0.15, -0.1) is 11.3 Å². The molecule has 0 aliphatic rings. The van der Waals surface area contributed by atoms with Crippen molar-refractivity contribution in [3.63, 3.8) is 0 Å². The van der Waals surface area contributed by atoms with Crippen LogP contribution in [0.1, 0.15) is 1.43 Å². The molecule has 0 saturated heterocycles. The number of hydrogen-bond acceptors (Lipinski definition) is 2. The van der Waals surface area contributed by atoms with E-state index in [1.54, 1.807) is 11.3 Å². The molecular formula is C7H6B3F12KNS-3. The third-order valence-corrected chi connectivity index (χ3v) is 2.05. The summed E-state index contributed by atoms with van der Waals surface area (Å²) in [5, 5.41) is 0. The first kappa shape index (κ1) is 29.8. The average Bonchev–Trinajstić information content (AvgIpc) is 2.69. The molecule has 0 bridgehead atoms. The zero-order valence-electron chi connectivity index (χ0n) is 13.0. The van der Waals surface area contributed by atoms with Crippen LogP contribution in [0.15, 0.2) is 29.8 Å². The molecule has 1 aromatic carbocycles. The molecule has 18 heteroatoms. The Morgan fingerprint density at radius 1 is 0.680 bits per heavy atom. The van der Waals surface area contributed by atoms with Gasteiger partial charge >= 0.3 is 73.1 Å². The van der Waals surface area contributed by atoms with E-state index < -0.39 is 21.8 Å². The van der Waals surface area contributed by atoms with E-state index in [1.807, 2.05) is 23.7 Å². The molecule has 0 N–H and O–H groups in total. The Labute approximate surface area is 181 Å². The molecule has 0 fully saturated rings. The summed E-state index contributed by atoms with van der Waals surface area (Å²) < 4.78 is 118. The Kier molecular flexibility index (Phi) is 15.9. The van der Waals surface area contributed by atoms with E-state index >= 15 is 0 Å². The van der Waals surface area contributed by atoms with Crippen molar-refractivity contribution in [3.8, 4) is 0 Å². The van der Waals surface area contributed by atoms with Gasteiger partial charge in [0.25, 0.3) is 0 Å². The topological polar surface area (TPSA) is 12.9 Å². The molecule has 0 amide bonds. The molecule has 1 heterocycles. The molecule has 0 saturated carbocycles. The van der Waals surface area contributed by atoms with Crippen molar-refractivity contribution in [2.24, 2.45) is 0 Å². The van der Waals surface area contributed by atoms with Gasteiger partial charge in [-0.25, -0.2) is 4.98 Å². The molecule has 0 aliphatic carbocycles. The molecule has 25 heavy (non-hydrogen) atoms. The van der Waals surface area contributed by atoms with Crippen LogP contribution in [0.2, 0.25) is 0 Å². The van der Waals surface area contributed by atoms with Crippen molar-refractivity contribution in [2.75, 3.05) is 0 Å². The van der Waals surface area contributed by atoms with Crippen LogP contribution >= 0.6 is 11.3 Å². The predicted octanol–water partition coefficient (Wildman–Crippen LogP) is 3.31. The van der Waals surface area contributed by atoms with E-state index in [4.69, 9.17) is 0 Å². The van der Waals surface area contributed by atoms with Crippen LogP contribution < -0.4 is 51.4 Å². The van der Waals surface area contributed by atoms with Gasteiger partial charge in [0.05, 0.1) is 15.7 Å². The maximum atomic E-state index is 9.75. The number of aromatic nitrogens is 1. The summed E-state index contributed by atoms with van der Waals surface area (Å²) in [6.45, 7) is 0. The minimum Gasteiger partial charge on any atom is -1.00 e. The molecule has 0 atom stereocenters. The molecule has 142 valence electrons. The van der Waals surface area contributed by atoms with Gasteiger partial charge in [0, 0.05) is 0 Å². The van der Waals surface area contributed by atoms with E-state index in [9.17, 15) is 51.8 Å².